The predicted molar refractivity (Wildman–Crippen MR) is 108 cm³/mol. The van der Waals surface area contributed by atoms with Gasteiger partial charge < -0.3 is 9.88 Å². The van der Waals surface area contributed by atoms with Gasteiger partial charge in [-0.1, -0.05) is 48.5 Å². The van der Waals surface area contributed by atoms with Crippen molar-refractivity contribution in [3.05, 3.63) is 112 Å². The molecule has 0 fully saturated rings. The van der Waals surface area contributed by atoms with Gasteiger partial charge in [-0.05, 0) is 35.2 Å². The van der Waals surface area contributed by atoms with E-state index in [1.165, 1.54) is 35.0 Å². The minimum absolute atomic E-state index is 0.231. The Morgan fingerprint density at radius 2 is 1.64 bits per heavy atom. The minimum atomic E-state index is -0.334. The molecule has 0 atom stereocenters. The van der Waals surface area contributed by atoms with Gasteiger partial charge in [0, 0.05) is 23.3 Å². The van der Waals surface area contributed by atoms with Crippen LogP contribution in [0.1, 0.15) is 15.9 Å². The van der Waals surface area contributed by atoms with Crippen LogP contribution in [0, 0.1) is 5.82 Å². The van der Waals surface area contributed by atoms with E-state index in [9.17, 15) is 14.0 Å². The highest BCUT2D eigenvalue weighted by Gasteiger charge is 2.10. The molecule has 1 N–H and O–H groups in total. The summed E-state index contributed by atoms with van der Waals surface area (Å²) in [4.78, 5) is 24.9. The number of hydrogen-bond donors (Lipinski definition) is 1. The van der Waals surface area contributed by atoms with Crippen LogP contribution in [-0.4, -0.2) is 10.5 Å². The largest absolute Gasteiger partial charge is 0.321 e. The van der Waals surface area contributed by atoms with Crippen LogP contribution in [0.15, 0.2) is 89.9 Å². The Bertz CT molecular complexity index is 1210. The molecule has 1 heterocycles. The van der Waals surface area contributed by atoms with Crippen molar-refractivity contribution in [3.8, 4) is 0 Å². The van der Waals surface area contributed by atoms with Crippen molar-refractivity contribution in [2.24, 2.45) is 0 Å². The van der Waals surface area contributed by atoms with E-state index < -0.39 is 0 Å². The van der Waals surface area contributed by atoms with Gasteiger partial charge >= 0.3 is 0 Å². The summed E-state index contributed by atoms with van der Waals surface area (Å²) in [7, 11) is 0. The van der Waals surface area contributed by atoms with E-state index in [0.717, 1.165) is 16.3 Å². The van der Waals surface area contributed by atoms with Gasteiger partial charge in [0.1, 0.15) is 5.82 Å². The number of carbonyl (C=O) groups is 1. The molecule has 0 aliphatic rings. The van der Waals surface area contributed by atoms with Crippen molar-refractivity contribution in [1.82, 2.24) is 4.57 Å². The number of amides is 1. The highest BCUT2D eigenvalue weighted by molar-refractivity contribution is 6.08. The fourth-order valence-electron chi connectivity index (χ4n) is 3.10. The number of nitrogens with one attached hydrogen (secondary N) is 1. The molecule has 138 valence electrons. The molecule has 3 aromatic carbocycles. The van der Waals surface area contributed by atoms with Gasteiger partial charge in [-0.15, -0.1) is 0 Å². The number of rotatable bonds is 4. The standard InChI is InChI=1S/C23H17FN2O2/c24-19-11-8-16(9-12-19)14-26-15-18(10-13-22(26)27)23(28)25-21-7-3-5-17-4-1-2-6-20(17)21/h1-13,15H,14H2,(H,25,28). The van der Waals surface area contributed by atoms with Gasteiger partial charge in [0.05, 0.1) is 12.1 Å². The number of carbonyl (C=O) groups excluding carboxylic acids is 1. The summed E-state index contributed by atoms with van der Waals surface area (Å²) in [5.74, 6) is -0.636. The highest BCUT2D eigenvalue weighted by Crippen LogP contribution is 2.23. The van der Waals surface area contributed by atoms with Crippen LogP contribution in [-0.2, 0) is 6.54 Å². The van der Waals surface area contributed by atoms with E-state index in [4.69, 9.17) is 0 Å². The lowest BCUT2D eigenvalue weighted by atomic mass is 10.1. The average Bonchev–Trinajstić information content (AvgIpc) is 2.71. The van der Waals surface area contributed by atoms with Crippen LogP contribution in [0.3, 0.4) is 0 Å². The number of aromatic nitrogens is 1. The van der Waals surface area contributed by atoms with Crippen molar-refractivity contribution >= 4 is 22.4 Å². The third kappa shape index (κ3) is 3.69. The van der Waals surface area contributed by atoms with Gasteiger partial charge in [0.25, 0.3) is 11.5 Å². The first kappa shape index (κ1) is 17.7. The maximum Gasteiger partial charge on any atom is 0.257 e. The lowest BCUT2D eigenvalue weighted by Gasteiger charge is -2.11. The topological polar surface area (TPSA) is 51.1 Å². The monoisotopic (exact) mass is 372 g/mol. The maximum absolute atomic E-state index is 13.1. The molecule has 0 unspecified atom stereocenters. The lowest BCUT2D eigenvalue weighted by Crippen LogP contribution is -2.22. The third-order valence-electron chi connectivity index (χ3n) is 4.55. The van der Waals surface area contributed by atoms with Crippen molar-refractivity contribution in [2.45, 2.75) is 6.54 Å². The van der Waals surface area contributed by atoms with Gasteiger partial charge in [-0.25, -0.2) is 4.39 Å². The molecular weight excluding hydrogens is 355 g/mol. The van der Waals surface area contributed by atoms with Gasteiger partial charge in [-0.3, -0.25) is 9.59 Å². The summed E-state index contributed by atoms with van der Waals surface area (Å²) >= 11 is 0. The molecule has 0 spiro atoms. The molecule has 4 aromatic rings. The second-order valence-corrected chi connectivity index (χ2v) is 6.49. The summed E-state index contributed by atoms with van der Waals surface area (Å²) < 4.78 is 14.5. The van der Waals surface area contributed by atoms with Gasteiger partial charge in [0.2, 0.25) is 0 Å². The highest BCUT2D eigenvalue weighted by atomic mass is 19.1. The molecule has 0 aliphatic heterocycles. The summed E-state index contributed by atoms with van der Waals surface area (Å²) in [6.07, 6.45) is 1.52. The number of fused-ring (bicyclic) bond motifs is 1. The molecule has 4 nitrogen and oxygen atoms in total. The number of benzene rings is 3. The SMILES string of the molecule is O=C(Nc1cccc2ccccc12)c1ccc(=O)n(Cc2ccc(F)cc2)c1. The average molecular weight is 372 g/mol. The fraction of sp³-hybridized carbons (Fsp3) is 0.0435. The van der Waals surface area contributed by atoms with Crippen LogP contribution in [0.25, 0.3) is 10.8 Å². The number of pyridine rings is 1. The fourth-order valence-corrected chi connectivity index (χ4v) is 3.10. The van der Waals surface area contributed by atoms with E-state index in [0.29, 0.717) is 11.3 Å². The molecular formula is C23H17FN2O2. The lowest BCUT2D eigenvalue weighted by molar-refractivity contribution is 0.102. The molecule has 4 rings (SSSR count). The smallest absolute Gasteiger partial charge is 0.257 e. The van der Waals surface area contributed by atoms with Crippen molar-refractivity contribution in [1.29, 1.82) is 0 Å². The van der Waals surface area contributed by atoms with E-state index in [-0.39, 0.29) is 23.8 Å². The quantitative estimate of drug-likeness (QED) is 0.576. The van der Waals surface area contributed by atoms with Crippen LogP contribution >= 0.6 is 0 Å². The molecule has 0 saturated heterocycles. The van der Waals surface area contributed by atoms with E-state index >= 15 is 0 Å². The summed E-state index contributed by atoms with van der Waals surface area (Å²) in [5, 5.41) is 4.89. The van der Waals surface area contributed by atoms with Crippen LogP contribution in [0.4, 0.5) is 10.1 Å². The first-order chi connectivity index (χ1) is 13.6. The van der Waals surface area contributed by atoms with E-state index in [2.05, 4.69) is 5.32 Å². The first-order valence-electron chi connectivity index (χ1n) is 8.84. The molecule has 1 amide bonds. The molecule has 0 bridgehead atoms. The van der Waals surface area contributed by atoms with Crippen LogP contribution in [0.2, 0.25) is 0 Å². The van der Waals surface area contributed by atoms with Gasteiger partial charge in [0.15, 0.2) is 0 Å². The Morgan fingerprint density at radius 1 is 0.893 bits per heavy atom. The van der Waals surface area contributed by atoms with Gasteiger partial charge in [-0.2, -0.15) is 0 Å². The van der Waals surface area contributed by atoms with E-state index in [1.54, 1.807) is 12.1 Å². The molecule has 0 saturated carbocycles. The maximum atomic E-state index is 13.1. The third-order valence-corrected chi connectivity index (χ3v) is 4.55. The number of nitrogens with zero attached hydrogens (tertiary/aromatic N) is 1. The first-order valence-corrected chi connectivity index (χ1v) is 8.84. The summed E-state index contributed by atoms with van der Waals surface area (Å²) in [6.45, 7) is 0.258. The second kappa shape index (κ2) is 7.48. The summed E-state index contributed by atoms with van der Waals surface area (Å²) in [5.41, 5.74) is 1.62. The zero-order valence-corrected chi connectivity index (χ0v) is 14.9. The second-order valence-electron chi connectivity index (χ2n) is 6.49. The Morgan fingerprint density at radius 3 is 2.46 bits per heavy atom. The molecule has 1 aromatic heterocycles. The Balaban J connectivity index is 1.61. The Labute approximate surface area is 160 Å². The number of anilines is 1. The Kier molecular flexibility index (Phi) is 4.72. The molecule has 0 radical (unpaired) electrons. The molecule has 5 heteroatoms. The number of halogens is 1. The Hall–Kier alpha value is -3.73. The van der Waals surface area contributed by atoms with Crippen LogP contribution in [0.5, 0.6) is 0 Å². The molecule has 28 heavy (non-hydrogen) atoms. The van der Waals surface area contributed by atoms with E-state index in [1.807, 2.05) is 42.5 Å². The van der Waals surface area contributed by atoms with Crippen molar-refractivity contribution < 1.29 is 9.18 Å². The zero-order chi connectivity index (χ0) is 19.5. The predicted octanol–water partition coefficient (Wildman–Crippen LogP) is 4.44. The minimum Gasteiger partial charge on any atom is -0.321 e. The summed E-state index contributed by atoms with van der Waals surface area (Å²) in [6, 6.07) is 22.3. The van der Waals surface area contributed by atoms with Crippen molar-refractivity contribution in [2.75, 3.05) is 5.32 Å². The normalized spacial score (nSPS) is 10.8. The van der Waals surface area contributed by atoms with Crippen LogP contribution < -0.4 is 10.9 Å². The zero-order valence-electron chi connectivity index (χ0n) is 14.9. The van der Waals surface area contributed by atoms with Crippen molar-refractivity contribution in [3.63, 3.8) is 0 Å². The number of hydrogen-bond acceptors (Lipinski definition) is 2. The molecule has 0 aliphatic carbocycles.